The molecule has 0 saturated carbocycles. The summed E-state index contributed by atoms with van der Waals surface area (Å²) >= 11 is 3.31. The average molecular weight is 256 g/mol. The van der Waals surface area contributed by atoms with Crippen LogP contribution in [0.25, 0.3) is 0 Å². The van der Waals surface area contributed by atoms with Gasteiger partial charge in [0.15, 0.2) is 0 Å². The SMILES string of the molecule is O=C(O)C1CCCc2ncc(Br)cc21. The zero-order valence-electron chi connectivity index (χ0n) is 7.53. The van der Waals surface area contributed by atoms with Crippen molar-refractivity contribution in [1.29, 1.82) is 0 Å². The number of carboxylic acid groups (broad SMARTS) is 1. The topological polar surface area (TPSA) is 50.2 Å². The van der Waals surface area contributed by atoms with E-state index in [4.69, 9.17) is 5.11 Å². The van der Waals surface area contributed by atoms with E-state index < -0.39 is 5.97 Å². The van der Waals surface area contributed by atoms with Gasteiger partial charge < -0.3 is 5.11 Å². The molecule has 0 bridgehead atoms. The van der Waals surface area contributed by atoms with Crippen molar-refractivity contribution < 1.29 is 9.90 Å². The summed E-state index contributed by atoms with van der Waals surface area (Å²) in [4.78, 5) is 15.2. The summed E-state index contributed by atoms with van der Waals surface area (Å²) in [5.74, 6) is -1.12. The van der Waals surface area contributed by atoms with Crippen molar-refractivity contribution in [2.75, 3.05) is 0 Å². The Kier molecular flexibility index (Phi) is 2.54. The molecule has 14 heavy (non-hydrogen) atoms. The van der Waals surface area contributed by atoms with Crippen LogP contribution in [0.5, 0.6) is 0 Å². The molecule has 3 nitrogen and oxygen atoms in total. The number of nitrogens with zero attached hydrogens (tertiary/aromatic N) is 1. The fourth-order valence-corrected chi connectivity index (χ4v) is 2.23. The summed E-state index contributed by atoms with van der Waals surface area (Å²) < 4.78 is 0.851. The van der Waals surface area contributed by atoms with Crippen LogP contribution in [-0.2, 0) is 11.2 Å². The van der Waals surface area contributed by atoms with E-state index in [1.807, 2.05) is 6.07 Å². The Labute approximate surface area is 90.3 Å². The first-order valence-corrected chi connectivity index (χ1v) is 5.35. The average Bonchev–Trinajstić information content (AvgIpc) is 2.16. The Bertz CT molecular complexity index is 378. The molecule has 0 fully saturated rings. The molecule has 1 aliphatic carbocycles. The molecule has 0 aliphatic heterocycles. The second kappa shape index (κ2) is 3.69. The van der Waals surface area contributed by atoms with Gasteiger partial charge in [0.1, 0.15) is 0 Å². The van der Waals surface area contributed by atoms with Gasteiger partial charge in [-0.3, -0.25) is 9.78 Å². The highest BCUT2D eigenvalue weighted by Gasteiger charge is 2.26. The third kappa shape index (κ3) is 1.66. The molecule has 0 amide bonds. The zero-order valence-corrected chi connectivity index (χ0v) is 9.12. The van der Waals surface area contributed by atoms with Gasteiger partial charge in [-0.25, -0.2) is 0 Å². The van der Waals surface area contributed by atoms with Gasteiger partial charge in [-0.05, 0) is 46.8 Å². The molecule has 1 aromatic heterocycles. The fourth-order valence-electron chi connectivity index (χ4n) is 1.88. The molecule has 1 atom stereocenters. The van der Waals surface area contributed by atoms with Crippen molar-refractivity contribution in [1.82, 2.24) is 4.98 Å². The van der Waals surface area contributed by atoms with Gasteiger partial charge in [0.05, 0.1) is 5.92 Å². The van der Waals surface area contributed by atoms with Gasteiger partial charge >= 0.3 is 5.97 Å². The molecule has 1 aromatic rings. The summed E-state index contributed by atoms with van der Waals surface area (Å²) in [6, 6.07) is 1.88. The molecule has 74 valence electrons. The number of hydrogen-bond acceptors (Lipinski definition) is 2. The minimum absolute atomic E-state index is 0.372. The monoisotopic (exact) mass is 255 g/mol. The number of hydrogen-bond donors (Lipinski definition) is 1. The lowest BCUT2D eigenvalue weighted by Crippen LogP contribution is -2.18. The van der Waals surface area contributed by atoms with Crippen molar-refractivity contribution in [2.24, 2.45) is 0 Å². The van der Waals surface area contributed by atoms with Crippen molar-refractivity contribution in [3.63, 3.8) is 0 Å². The Morgan fingerprint density at radius 3 is 3.14 bits per heavy atom. The number of pyridine rings is 1. The van der Waals surface area contributed by atoms with E-state index in [0.29, 0.717) is 0 Å². The number of aromatic nitrogens is 1. The number of aliphatic carboxylic acids is 1. The Balaban J connectivity index is 2.46. The number of carboxylic acids is 1. The quantitative estimate of drug-likeness (QED) is 0.839. The minimum atomic E-state index is -0.745. The van der Waals surface area contributed by atoms with Gasteiger partial charge in [-0.15, -0.1) is 0 Å². The minimum Gasteiger partial charge on any atom is -0.481 e. The zero-order chi connectivity index (χ0) is 10.1. The second-order valence-corrected chi connectivity index (χ2v) is 4.39. The molecule has 1 heterocycles. The van der Waals surface area contributed by atoms with Gasteiger partial charge in [-0.2, -0.15) is 0 Å². The maximum atomic E-state index is 11.0. The summed E-state index contributed by atoms with van der Waals surface area (Å²) in [5.41, 5.74) is 1.81. The number of aryl methyl sites for hydroxylation is 1. The van der Waals surface area contributed by atoms with E-state index in [2.05, 4.69) is 20.9 Å². The van der Waals surface area contributed by atoms with Gasteiger partial charge in [0, 0.05) is 16.4 Å². The third-order valence-electron chi connectivity index (χ3n) is 2.55. The molecular weight excluding hydrogens is 246 g/mol. The number of rotatable bonds is 1. The molecule has 1 unspecified atom stereocenters. The lowest BCUT2D eigenvalue weighted by molar-refractivity contribution is -0.139. The smallest absolute Gasteiger partial charge is 0.311 e. The first kappa shape index (κ1) is 9.65. The summed E-state index contributed by atoms with van der Waals surface area (Å²) in [6.07, 6.45) is 4.26. The van der Waals surface area contributed by atoms with Crippen LogP contribution in [-0.4, -0.2) is 16.1 Å². The van der Waals surface area contributed by atoms with Crippen LogP contribution >= 0.6 is 15.9 Å². The van der Waals surface area contributed by atoms with E-state index in [1.54, 1.807) is 6.20 Å². The fraction of sp³-hybridized carbons (Fsp3) is 0.400. The van der Waals surface area contributed by atoms with E-state index in [0.717, 1.165) is 35.0 Å². The molecule has 0 radical (unpaired) electrons. The number of fused-ring (bicyclic) bond motifs is 1. The van der Waals surface area contributed by atoms with Gasteiger partial charge in [0.2, 0.25) is 0 Å². The van der Waals surface area contributed by atoms with Crippen LogP contribution in [0.3, 0.4) is 0 Å². The standard InChI is InChI=1S/C10H10BrNO2/c11-6-4-8-7(10(13)14)2-1-3-9(8)12-5-6/h4-5,7H,1-3H2,(H,13,14). The maximum Gasteiger partial charge on any atom is 0.311 e. The predicted molar refractivity (Wildman–Crippen MR) is 55.3 cm³/mol. The molecule has 2 rings (SSSR count). The Hall–Kier alpha value is -0.900. The first-order valence-electron chi connectivity index (χ1n) is 4.55. The summed E-state index contributed by atoms with van der Waals surface area (Å²) in [7, 11) is 0. The molecular formula is C10H10BrNO2. The maximum absolute atomic E-state index is 11.0. The second-order valence-electron chi connectivity index (χ2n) is 3.47. The summed E-state index contributed by atoms with van der Waals surface area (Å²) in [6.45, 7) is 0. The van der Waals surface area contributed by atoms with Crippen LogP contribution < -0.4 is 0 Å². The lowest BCUT2D eigenvalue weighted by Gasteiger charge is -2.21. The number of halogens is 1. The lowest BCUT2D eigenvalue weighted by atomic mass is 9.86. The van der Waals surface area contributed by atoms with E-state index in [9.17, 15) is 4.79 Å². The highest BCUT2D eigenvalue weighted by atomic mass is 79.9. The molecule has 4 heteroatoms. The van der Waals surface area contributed by atoms with Crippen LogP contribution in [0.2, 0.25) is 0 Å². The predicted octanol–water partition coefficient (Wildman–Crippen LogP) is 2.35. The van der Waals surface area contributed by atoms with Crippen LogP contribution in [0, 0.1) is 0 Å². The molecule has 1 aliphatic rings. The molecule has 0 spiro atoms. The Morgan fingerprint density at radius 2 is 2.43 bits per heavy atom. The normalized spacial score (nSPS) is 20.2. The Morgan fingerprint density at radius 1 is 1.64 bits per heavy atom. The van der Waals surface area contributed by atoms with Crippen LogP contribution in [0.1, 0.15) is 30.0 Å². The van der Waals surface area contributed by atoms with Crippen molar-refractivity contribution in [2.45, 2.75) is 25.2 Å². The molecule has 1 N–H and O–H groups in total. The highest BCUT2D eigenvalue weighted by molar-refractivity contribution is 9.10. The first-order chi connectivity index (χ1) is 6.68. The van der Waals surface area contributed by atoms with Gasteiger partial charge in [-0.1, -0.05) is 0 Å². The van der Waals surface area contributed by atoms with E-state index in [1.165, 1.54) is 0 Å². The molecule has 0 saturated heterocycles. The summed E-state index contributed by atoms with van der Waals surface area (Å²) in [5, 5.41) is 9.03. The van der Waals surface area contributed by atoms with Crippen molar-refractivity contribution in [3.05, 3.63) is 28.0 Å². The number of carbonyl (C=O) groups is 1. The molecule has 0 aromatic carbocycles. The van der Waals surface area contributed by atoms with Crippen molar-refractivity contribution >= 4 is 21.9 Å². The van der Waals surface area contributed by atoms with E-state index >= 15 is 0 Å². The third-order valence-corrected chi connectivity index (χ3v) is 2.98. The van der Waals surface area contributed by atoms with E-state index in [-0.39, 0.29) is 5.92 Å². The largest absolute Gasteiger partial charge is 0.481 e. The van der Waals surface area contributed by atoms with Crippen molar-refractivity contribution in [3.8, 4) is 0 Å². The van der Waals surface area contributed by atoms with Gasteiger partial charge in [0.25, 0.3) is 0 Å². The van der Waals surface area contributed by atoms with Crippen LogP contribution in [0.4, 0.5) is 0 Å². The van der Waals surface area contributed by atoms with Crippen LogP contribution in [0.15, 0.2) is 16.7 Å². The highest BCUT2D eigenvalue weighted by Crippen LogP contribution is 2.32.